The fourth-order valence-electron chi connectivity index (χ4n) is 2.50. The van der Waals surface area contributed by atoms with E-state index in [9.17, 15) is 19.2 Å². The molecule has 0 aliphatic carbocycles. The molecule has 1 aliphatic heterocycles. The van der Waals surface area contributed by atoms with Crippen LogP contribution in [0.5, 0.6) is 0 Å². The predicted octanol–water partition coefficient (Wildman–Crippen LogP) is 1.84. The molecule has 1 aromatic rings. The van der Waals surface area contributed by atoms with Gasteiger partial charge in [-0.05, 0) is 13.8 Å². The highest BCUT2D eigenvalue weighted by Crippen LogP contribution is 2.28. The first-order valence-electron chi connectivity index (χ1n) is 8.89. The lowest BCUT2D eigenvalue weighted by atomic mass is 10.1. The van der Waals surface area contributed by atoms with E-state index in [1.165, 1.54) is 6.92 Å². The fraction of sp³-hybridized carbons (Fsp3) is 0.316. The molecule has 0 bridgehead atoms. The summed E-state index contributed by atoms with van der Waals surface area (Å²) in [6.07, 6.45) is -2.16. The van der Waals surface area contributed by atoms with Gasteiger partial charge in [0, 0.05) is 5.56 Å². The number of hydrazine groups is 1. The SMILES string of the molecule is CCOC(=O)N1C(c2ccccc2)=NC(C(=O)OC)=C(C(=O)OC)N1C(=O)OCC. The molecule has 11 nitrogen and oxygen atoms in total. The number of esters is 2. The fourth-order valence-corrected chi connectivity index (χ4v) is 2.50. The van der Waals surface area contributed by atoms with E-state index in [0.29, 0.717) is 15.6 Å². The third kappa shape index (κ3) is 4.40. The Labute approximate surface area is 172 Å². The molecule has 0 fully saturated rings. The Morgan fingerprint density at radius 2 is 1.37 bits per heavy atom. The van der Waals surface area contributed by atoms with Crippen LogP contribution in [-0.4, -0.2) is 67.4 Å². The number of carbonyl (C=O) groups is 4. The number of rotatable bonds is 5. The van der Waals surface area contributed by atoms with E-state index in [4.69, 9.17) is 18.9 Å². The van der Waals surface area contributed by atoms with Crippen molar-refractivity contribution in [2.75, 3.05) is 27.4 Å². The molecule has 0 radical (unpaired) electrons. The van der Waals surface area contributed by atoms with Crippen molar-refractivity contribution in [2.24, 2.45) is 4.99 Å². The lowest BCUT2D eigenvalue weighted by Crippen LogP contribution is -2.56. The molecular weight excluding hydrogens is 398 g/mol. The largest absolute Gasteiger partial charge is 0.464 e. The highest BCUT2D eigenvalue weighted by atomic mass is 16.6. The molecule has 0 N–H and O–H groups in total. The van der Waals surface area contributed by atoms with E-state index in [-0.39, 0.29) is 19.0 Å². The van der Waals surface area contributed by atoms with Crippen molar-refractivity contribution in [1.82, 2.24) is 10.0 Å². The third-order valence-electron chi connectivity index (χ3n) is 3.73. The zero-order valence-electron chi connectivity index (χ0n) is 16.9. The van der Waals surface area contributed by atoms with Crippen LogP contribution in [0.25, 0.3) is 0 Å². The van der Waals surface area contributed by atoms with E-state index < -0.39 is 35.5 Å². The van der Waals surface area contributed by atoms with Crippen LogP contribution in [0.3, 0.4) is 0 Å². The van der Waals surface area contributed by atoms with Gasteiger partial charge in [-0.2, -0.15) is 10.0 Å². The molecule has 11 heteroatoms. The zero-order chi connectivity index (χ0) is 22.3. The second-order valence-corrected chi connectivity index (χ2v) is 5.50. The van der Waals surface area contributed by atoms with Crippen LogP contribution >= 0.6 is 0 Å². The summed E-state index contributed by atoms with van der Waals surface area (Å²) in [4.78, 5) is 54.6. The van der Waals surface area contributed by atoms with Crippen LogP contribution in [0.1, 0.15) is 19.4 Å². The lowest BCUT2D eigenvalue weighted by molar-refractivity contribution is -0.142. The first-order chi connectivity index (χ1) is 14.4. The third-order valence-corrected chi connectivity index (χ3v) is 3.73. The normalized spacial score (nSPS) is 13.4. The quantitative estimate of drug-likeness (QED) is 0.523. The number of nitrogens with zero attached hydrogens (tertiary/aromatic N) is 3. The molecule has 1 aromatic carbocycles. The van der Waals surface area contributed by atoms with Crippen LogP contribution in [0, 0.1) is 0 Å². The van der Waals surface area contributed by atoms with Crippen molar-refractivity contribution in [3.8, 4) is 0 Å². The van der Waals surface area contributed by atoms with Gasteiger partial charge in [0.05, 0.1) is 27.4 Å². The Morgan fingerprint density at radius 3 is 1.87 bits per heavy atom. The average Bonchev–Trinajstić information content (AvgIpc) is 2.77. The smallest absolute Gasteiger partial charge is 0.435 e. The van der Waals surface area contributed by atoms with E-state index in [1.54, 1.807) is 37.3 Å². The van der Waals surface area contributed by atoms with Gasteiger partial charge in [-0.25, -0.2) is 24.2 Å². The first kappa shape index (κ1) is 22.4. The number of carbonyl (C=O) groups excluding carboxylic acids is 4. The number of methoxy groups -OCH3 is 2. The van der Waals surface area contributed by atoms with Crippen molar-refractivity contribution >= 4 is 30.0 Å². The predicted molar refractivity (Wildman–Crippen MR) is 102 cm³/mol. The zero-order valence-corrected chi connectivity index (χ0v) is 16.9. The summed E-state index contributed by atoms with van der Waals surface area (Å²) in [5.74, 6) is -2.30. The van der Waals surface area contributed by atoms with Crippen molar-refractivity contribution in [3.63, 3.8) is 0 Å². The maximum absolute atomic E-state index is 12.8. The Bertz CT molecular complexity index is 894. The standard InChI is InChI=1S/C19H21N3O8/c1-5-29-18(25)21-14(17(24)28-4)13(16(23)27-3)20-15(12-10-8-7-9-11-12)22(21)19(26)30-6-2/h7-11H,5-6H2,1-4H3. The van der Waals surface area contributed by atoms with E-state index in [0.717, 1.165) is 14.2 Å². The minimum absolute atomic E-state index is 0.0325. The molecule has 1 aliphatic rings. The van der Waals surface area contributed by atoms with E-state index >= 15 is 0 Å². The van der Waals surface area contributed by atoms with Gasteiger partial charge in [-0.1, -0.05) is 30.3 Å². The summed E-state index contributed by atoms with van der Waals surface area (Å²) < 4.78 is 19.4. The Balaban J connectivity index is 2.86. The van der Waals surface area contributed by atoms with Crippen LogP contribution in [0.4, 0.5) is 9.59 Å². The summed E-state index contributed by atoms with van der Waals surface area (Å²) in [7, 11) is 2.12. The highest BCUT2D eigenvalue weighted by Gasteiger charge is 2.45. The maximum atomic E-state index is 12.8. The summed E-state index contributed by atoms with van der Waals surface area (Å²) in [6, 6.07) is 8.22. The van der Waals surface area contributed by atoms with Gasteiger partial charge in [0.25, 0.3) is 0 Å². The van der Waals surface area contributed by atoms with Crippen molar-refractivity contribution in [3.05, 3.63) is 47.3 Å². The van der Waals surface area contributed by atoms with Crippen LogP contribution in [-0.2, 0) is 28.5 Å². The van der Waals surface area contributed by atoms with Crippen LogP contribution < -0.4 is 0 Å². The number of benzene rings is 1. The van der Waals surface area contributed by atoms with Crippen molar-refractivity contribution < 1.29 is 38.1 Å². The number of hydrogen-bond donors (Lipinski definition) is 0. The second-order valence-electron chi connectivity index (χ2n) is 5.50. The molecule has 1 heterocycles. The molecule has 0 saturated heterocycles. The maximum Gasteiger partial charge on any atom is 0.435 e. The second kappa shape index (κ2) is 10.0. The number of ether oxygens (including phenoxy) is 4. The number of amides is 2. The molecular formula is C19H21N3O8. The van der Waals surface area contributed by atoms with Crippen molar-refractivity contribution in [1.29, 1.82) is 0 Å². The molecule has 160 valence electrons. The van der Waals surface area contributed by atoms with Crippen LogP contribution in [0.2, 0.25) is 0 Å². The molecule has 0 atom stereocenters. The van der Waals surface area contributed by atoms with Gasteiger partial charge in [0.15, 0.2) is 17.2 Å². The highest BCUT2D eigenvalue weighted by molar-refractivity contribution is 6.13. The van der Waals surface area contributed by atoms with Crippen molar-refractivity contribution in [2.45, 2.75) is 13.8 Å². The van der Waals surface area contributed by atoms with Gasteiger partial charge >= 0.3 is 24.1 Å². The summed E-state index contributed by atoms with van der Waals surface area (Å²) >= 11 is 0. The molecule has 30 heavy (non-hydrogen) atoms. The van der Waals surface area contributed by atoms with Gasteiger partial charge in [0.1, 0.15) is 0 Å². The summed E-state index contributed by atoms with van der Waals surface area (Å²) in [5.41, 5.74) is -0.850. The Hall–Kier alpha value is -3.89. The number of aliphatic imine (C=N–C) groups is 1. The van der Waals surface area contributed by atoms with Crippen LogP contribution in [0.15, 0.2) is 46.7 Å². The monoisotopic (exact) mass is 419 g/mol. The Kier molecular flexibility index (Phi) is 7.50. The molecule has 0 saturated carbocycles. The number of amidine groups is 1. The molecule has 0 unspecified atom stereocenters. The molecule has 0 aromatic heterocycles. The molecule has 2 amide bonds. The van der Waals surface area contributed by atoms with Gasteiger partial charge in [0.2, 0.25) is 0 Å². The lowest BCUT2D eigenvalue weighted by Gasteiger charge is -2.36. The Morgan fingerprint density at radius 1 is 0.833 bits per heavy atom. The van der Waals surface area contributed by atoms with Gasteiger partial charge < -0.3 is 18.9 Å². The van der Waals surface area contributed by atoms with E-state index in [2.05, 4.69) is 4.99 Å². The van der Waals surface area contributed by atoms with Gasteiger partial charge in [-0.15, -0.1) is 0 Å². The minimum Gasteiger partial charge on any atom is -0.464 e. The van der Waals surface area contributed by atoms with Gasteiger partial charge in [-0.3, -0.25) is 0 Å². The number of hydrogen-bond acceptors (Lipinski definition) is 9. The average molecular weight is 419 g/mol. The summed E-state index contributed by atoms with van der Waals surface area (Å²) in [6.45, 7) is 2.99. The van der Waals surface area contributed by atoms with E-state index in [1.807, 2.05) is 0 Å². The first-order valence-corrected chi connectivity index (χ1v) is 8.89. The summed E-state index contributed by atoms with van der Waals surface area (Å²) in [5, 5.41) is 1.25. The molecule has 0 spiro atoms. The molecule has 2 rings (SSSR count). The minimum atomic E-state index is -1.13. The topological polar surface area (TPSA) is 124 Å².